The number of rotatable bonds is 7. The fourth-order valence-corrected chi connectivity index (χ4v) is 1.44. The van der Waals surface area contributed by atoms with Gasteiger partial charge in [-0.05, 0) is 12.8 Å². The van der Waals surface area contributed by atoms with E-state index in [9.17, 15) is 0 Å². The molecule has 0 aliphatic carbocycles. The second kappa shape index (κ2) is 6.60. The van der Waals surface area contributed by atoms with Gasteiger partial charge in [0, 0.05) is 26.2 Å². The number of aromatic nitrogens is 3. The molecule has 16 heavy (non-hydrogen) atoms. The number of hydrogen-bond acceptors (Lipinski definition) is 4. The molecule has 1 rings (SSSR count). The first-order chi connectivity index (χ1) is 7.65. The van der Waals surface area contributed by atoms with Crippen molar-refractivity contribution in [1.82, 2.24) is 20.3 Å². The van der Waals surface area contributed by atoms with Crippen LogP contribution in [0, 0.1) is 5.92 Å². The highest BCUT2D eigenvalue weighted by Crippen LogP contribution is 2.04. The number of hydrogen-bond donors (Lipinski definition) is 1. The van der Waals surface area contributed by atoms with Crippen molar-refractivity contribution in [2.75, 3.05) is 13.2 Å². The van der Waals surface area contributed by atoms with Gasteiger partial charge in [-0.2, -0.15) is 0 Å². The fourth-order valence-electron chi connectivity index (χ4n) is 1.44. The molecule has 1 N–H and O–H groups in total. The molecule has 0 saturated heterocycles. The van der Waals surface area contributed by atoms with Crippen LogP contribution < -0.4 is 5.32 Å². The summed E-state index contributed by atoms with van der Waals surface area (Å²) < 4.78 is 7.24. The molecule has 5 nitrogen and oxygen atoms in total. The van der Waals surface area contributed by atoms with Crippen molar-refractivity contribution < 1.29 is 4.74 Å². The Kier molecular flexibility index (Phi) is 5.42. The summed E-state index contributed by atoms with van der Waals surface area (Å²) in [6, 6.07) is 0.370. The topological polar surface area (TPSA) is 52.0 Å². The quantitative estimate of drug-likeness (QED) is 0.752. The Labute approximate surface area is 97.2 Å². The van der Waals surface area contributed by atoms with Crippen LogP contribution in [0.1, 0.15) is 26.5 Å². The predicted molar refractivity (Wildman–Crippen MR) is 63.0 cm³/mol. The van der Waals surface area contributed by atoms with Crippen LogP contribution in [0.25, 0.3) is 0 Å². The van der Waals surface area contributed by atoms with Crippen molar-refractivity contribution in [1.29, 1.82) is 0 Å². The zero-order chi connectivity index (χ0) is 12.0. The Morgan fingerprint density at radius 1 is 1.50 bits per heavy atom. The third-order valence-electron chi connectivity index (χ3n) is 2.66. The van der Waals surface area contributed by atoms with Gasteiger partial charge in [-0.25, -0.2) is 0 Å². The van der Waals surface area contributed by atoms with Crippen LogP contribution in [0.3, 0.4) is 0 Å². The molecule has 0 aliphatic rings. The van der Waals surface area contributed by atoms with E-state index >= 15 is 0 Å². The molecule has 0 amide bonds. The maximum atomic E-state index is 5.46. The van der Waals surface area contributed by atoms with E-state index in [0.717, 1.165) is 25.5 Å². The molecule has 0 saturated carbocycles. The van der Waals surface area contributed by atoms with E-state index in [4.69, 9.17) is 4.74 Å². The minimum atomic E-state index is 0.370. The van der Waals surface area contributed by atoms with E-state index in [1.54, 1.807) is 10.9 Å². The lowest BCUT2D eigenvalue weighted by Gasteiger charge is -2.22. The first-order valence-electron chi connectivity index (χ1n) is 5.79. The summed E-state index contributed by atoms with van der Waals surface area (Å²) in [5.74, 6) is 0.549. The van der Waals surface area contributed by atoms with Gasteiger partial charge in [-0.3, -0.25) is 4.68 Å². The van der Waals surface area contributed by atoms with Gasteiger partial charge in [-0.15, -0.1) is 5.10 Å². The van der Waals surface area contributed by atoms with Crippen molar-refractivity contribution >= 4 is 0 Å². The van der Waals surface area contributed by atoms with Crippen molar-refractivity contribution in [3.63, 3.8) is 0 Å². The maximum absolute atomic E-state index is 5.46. The molecule has 1 aromatic heterocycles. The Morgan fingerprint density at radius 2 is 2.25 bits per heavy atom. The smallest absolute Gasteiger partial charge is 0.0738 e. The van der Waals surface area contributed by atoms with Crippen LogP contribution in [-0.4, -0.2) is 34.2 Å². The van der Waals surface area contributed by atoms with E-state index in [2.05, 4.69) is 29.5 Å². The van der Waals surface area contributed by atoms with Gasteiger partial charge >= 0.3 is 0 Å². The molecule has 5 heteroatoms. The molecule has 0 bridgehead atoms. The third-order valence-corrected chi connectivity index (χ3v) is 2.66. The molecule has 0 aromatic carbocycles. The summed E-state index contributed by atoms with van der Waals surface area (Å²) in [5, 5.41) is 11.2. The van der Waals surface area contributed by atoms with E-state index in [-0.39, 0.29) is 0 Å². The number of ether oxygens (including phenoxy) is 1. The molecule has 1 atom stereocenters. The lowest BCUT2D eigenvalue weighted by atomic mass is 10.1. The lowest BCUT2D eigenvalue weighted by molar-refractivity contribution is 0.107. The standard InChI is InChI=1S/C11H22N4O/c1-5-16-8-11(9(2)3)12-6-10-7-13-14-15(10)4/h7,9,11-12H,5-6,8H2,1-4H3. The Morgan fingerprint density at radius 3 is 2.75 bits per heavy atom. The second-order valence-corrected chi connectivity index (χ2v) is 4.24. The van der Waals surface area contributed by atoms with Crippen LogP contribution in [0.15, 0.2) is 6.20 Å². The number of aryl methyl sites for hydroxylation is 1. The highest BCUT2D eigenvalue weighted by atomic mass is 16.5. The molecule has 1 aromatic rings. The van der Waals surface area contributed by atoms with Crippen LogP contribution in [0.2, 0.25) is 0 Å². The molecule has 0 radical (unpaired) electrons. The summed E-state index contributed by atoms with van der Waals surface area (Å²) in [6.45, 7) is 8.69. The Balaban J connectivity index is 2.40. The summed E-state index contributed by atoms with van der Waals surface area (Å²) in [7, 11) is 1.90. The summed E-state index contributed by atoms with van der Waals surface area (Å²) in [6.07, 6.45) is 1.78. The molecular weight excluding hydrogens is 204 g/mol. The van der Waals surface area contributed by atoms with E-state index in [0.29, 0.717) is 12.0 Å². The Bertz CT molecular complexity index is 298. The van der Waals surface area contributed by atoms with Crippen molar-refractivity contribution in [3.8, 4) is 0 Å². The highest BCUT2D eigenvalue weighted by Gasteiger charge is 2.13. The van der Waals surface area contributed by atoms with Crippen LogP contribution >= 0.6 is 0 Å². The predicted octanol–water partition coefficient (Wildman–Crippen LogP) is 0.966. The number of nitrogens with zero attached hydrogens (tertiary/aromatic N) is 3. The van der Waals surface area contributed by atoms with Gasteiger partial charge in [0.05, 0.1) is 18.5 Å². The zero-order valence-electron chi connectivity index (χ0n) is 10.6. The first-order valence-corrected chi connectivity index (χ1v) is 5.79. The monoisotopic (exact) mass is 226 g/mol. The van der Waals surface area contributed by atoms with Gasteiger partial charge in [0.1, 0.15) is 0 Å². The van der Waals surface area contributed by atoms with Crippen LogP contribution in [-0.2, 0) is 18.3 Å². The molecule has 1 heterocycles. The largest absolute Gasteiger partial charge is 0.380 e. The van der Waals surface area contributed by atoms with Gasteiger partial charge in [0.15, 0.2) is 0 Å². The van der Waals surface area contributed by atoms with Crippen LogP contribution in [0.4, 0.5) is 0 Å². The minimum Gasteiger partial charge on any atom is -0.380 e. The van der Waals surface area contributed by atoms with Crippen LogP contribution in [0.5, 0.6) is 0 Å². The molecule has 92 valence electrons. The van der Waals surface area contributed by atoms with Gasteiger partial charge in [-0.1, -0.05) is 19.1 Å². The van der Waals surface area contributed by atoms with E-state index in [1.165, 1.54) is 0 Å². The summed E-state index contributed by atoms with van der Waals surface area (Å²) in [4.78, 5) is 0. The number of nitrogens with one attached hydrogen (secondary N) is 1. The first kappa shape index (κ1) is 13.1. The zero-order valence-corrected chi connectivity index (χ0v) is 10.6. The molecule has 0 aliphatic heterocycles. The fraction of sp³-hybridized carbons (Fsp3) is 0.818. The molecule has 0 spiro atoms. The van der Waals surface area contributed by atoms with Gasteiger partial charge in [0.25, 0.3) is 0 Å². The SMILES string of the molecule is CCOCC(NCc1cnnn1C)C(C)C. The molecular formula is C11H22N4O. The minimum absolute atomic E-state index is 0.370. The van der Waals surface area contributed by atoms with Gasteiger partial charge in [0.2, 0.25) is 0 Å². The highest BCUT2D eigenvalue weighted by molar-refractivity contribution is 4.93. The third kappa shape index (κ3) is 3.90. The Hall–Kier alpha value is -0.940. The average Bonchev–Trinajstić information content (AvgIpc) is 2.64. The lowest BCUT2D eigenvalue weighted by Crippen LogP contribution is -2.38. The second-order valence-electron chi connectivity index (χ2n) is 4.24. The average molecular weight is 226 g/mol. The molecule has 0 fully saturated rings. The summed E-state index contributed by atoms with van der Waals surface area (Å²) in [5.41, 5.74) is 1.09. The van der Waals surface area contributed by atoms with Crippen molar-refractivity contribution in [2.45, 2.75) is 33.4 Å². The van der Waals surface area contributed by atoms with E-state index < -0.39 is 0 Å². The maximum Gasteiger partial charge on any atom is 0.0738 e. The summed E-state index contributed by atoms with van der Waals surface area (Å²) >= 11 is 0. The van der Waals surface area contributed by atoms with Crippen molar-refractivity contribution in [3.05, 3.63) is 11.9 Å². The normalized spacial score (nSPS) is 13.3. The van der Waals surface area contributed by atoms with Crippen molar-refractivity contribution in [2.24, 2.45) is 13.0 Å². The van der Waals surface area contributed by atoms with Gasteiger partial charge < -0.3 is 10.1 Å². The molecule has 1 unspecified atom stereocenters. The van der Waals surface area contributed by atoms with E-state index in [1.807, 2.05) is 14.0 Å².